The molecule has 18 heavy (non-hydrogen) atoms. The van der Waals surface area contributed by atoms with Crippen molar-refractivity contribution < 1.29 is 4.52 Å². The summed E-state index contributed by atoms with van der Waals surface area (Å²) in [5, 5.41) is 4.69. The molecule has 1 aliphatic rings. The summed E-state index contributed by atoms with van der Waals surface area (Å²) < 4.78 is 5.25. The fourth-order valence-electron chi connectivity index (χ4n) is 2.11. The maximum atomic E-state index is 6.14. The van der Waals surface area contributed by atoms with Crippen LogP contribution in [0.3, 0.4) is 0 Å². The van der Waals surface area contributed by atoms with Gasteiger partial charge in [-0.1, -0.05) is 35.0 Å². The summed E-state index contributed by atoms with van der Waals surface area (Å²) in [5.74, 6) is 1.19. The average Bonchev–Trinajstić information content (AvgIpc) is 2.78. The minimum atomic E-state index is -0.397. The molecule has 1 saturated carbocycles. The number of aromatic nitrogens is 2. The van der Waals surface area contributed by atoms with E-state index >= 15 is 0 Å². The van der Waals surface area contributed by atoms with E-state index in [1.807, 2.05) is 24.3 Å². The van der Waals surface area contributed by atoms with Crippen molar-refractivity contribution in [1.29, 1.82) is 0 Å². The van der Waals surface area contributed by atoms with Crippen LogP contribution in [-0.2, 0) is 12.0 Å². The second-order valence-electron chi connectivity index (χ2n) is 4.79. The molecular weight excluding hydrogens is 250 g/mol. The first kappa shape index (κ1) is 11.7. The van der Waals surface area contributed by atoms with Gasteiger partial charge in [0.05, 0.1) is 5.54 Å². The van der Waals surface area contributed by atoms with E-state index in [4.69, 9.17) is 21.9 Å². The molecule has 0 bridgehead atoms. The van der Waals surface area contributed by atoms with Crippen molar-refractivity contribution in [3.63, 3.8) is 0 Å². The molecule has 1 aromatic heterocycles. The number of benzene rings is 1. The van der Waals surface area contributed by atoms with Gasteiger partial charge in [0, 0.05) is 11.4 Å². The highest BCUT2D eigenvalue weighted by molar-refractivity contribution is 6.31. The van der Waals surface area contributed by atoms with Gasteiger partial charge in [0.25, 0.3) is 0 Å². The first-order valence-electron chi connectivity index (χ1n) is 6.03. The largest absolute Gasteiger partial charge is 0.337 e. The standard InChI is InChI=1S/C13H14ClN3O/c14-10-5-2-1-4-9(10)8-11-16-12(18-17-11)13(15)6-3-7-13/h1-2,4-5H,3,6-8,15H2. The molecule has 1 aromatic carbocycles. The Bertz CT molecular complexity index is 563. The molecule has 0 aliphatic heterocycles. The molecule has 0 spiro atoms. The Morgan fingerprint density at radius 1 is 1.33 bits per heavy atom. The van der Waals surface area contributed by atoms with Crippen molar-refractivity contribution in [2.24, 2.45) is 5.73 Å². The second-order valence-corrected chi connectivity index (χ2v) is 5.20. The van der Waals surface area contributed by atoms with Gasteiger partial charge in [-0.25, -0.2) is 0 Å². The van der Waals surface area contributed by atoms with Crippen LogP contribution < -0.4 is 5.73 Å². The number of hydrogen-bond donors (Lipinski definition) is 1. The lowest BCUT2D eigenvalue weighted by Gasteiger charge is -2.33. The van der Waals surface area contributed by atoms with E-state index < -0.39 is 5.54 Å². The minimum Gasteiger partial charge on any atom is -0.337 e. The highest BCUT2D eigenvalue weighted by atomic mass is 35.5. The Balaban J connectivity index is 1.80. The molecule has 0 unspecified atom stereocenters. The normalized spacial score (nSPS) is 17.4. The summed E-state index contributed by atoms with van der Waals surface area (Å²) in [6.45, 7) is 0. The van der Waals surface area contributed by atoms with Gasteiger partial charge in [-0.3, -0.25) is 0 Å². The smallest absolute Gasteiger partial charge is 0.246 e. The van der Waals surface area contributed by atoms with E-state index in [0.717, 1.165) is 29.8 Å². The monoisotopic (exact) mass is 263 g/mol. The van der Waals surface area contributed by atoms with Crippen molar-refractivity contribution in [2.45, 2.75) is 31.2 Å². The van der Waals surface area contributed by atoms with Crippen LogP contribution in [0.25, 0.3) is 0 Å². The van der Waals surface area contributed by atoms with E-state index in [0.29, 0.717) is 18.1 Å². The van der Waals surface area contributed by atoms with E-state index in [9.17, 15) is 0 Å². The van der Waals surface area contributed by atoms with Crippen LogP contribution in [-0.4, -0.2) is 10.1 Å². The Hall–Kier alpha value is -1.39. The molecule has 0 saturated heterocycles. The first-order chi connectivity index (χ1) is 8.67. The van der Waals surface area contributed by atoms with Gasteiger partial charge in [0.2, 0.25) is 5.89 Å². The van der Waals surface area contributed by atoms with Crippen molar-refractivity contribution >= 4 is 11.6 Å². The molecule has 0 amide bonds. The van der Waals surface area contributed by atoms with E-state index in [-0.39, 0.29) is 0 Å². The summed E-state index contributed by atoms with van der Waals surface area (Å²) in [4.78, 5) is 4.38. The fourth-order valence-corrected chi connectivity index (χ4v) is 2.31. The highest BCUT2D eigenvalue weighted by Crippen LogP contribution is 2.37. The number of halogens is 1. The zero-order chi connectivity index (χ0) is 12.6. The maximum Gasteiger partial charge on any atom is 0.246 e. The Kier molecular flexibility index (Phi) is 2.84. The molecule has 0 atom stereocenters. The molecule has 0 radical (unpaired) electrons. The molecule has 94 valence electrons. The van der Waals surface area contributed by atoms with Crippen LogP contribution in [0, 0.1) is 0 Å². The molecule has 5 heteroatoms. The summed E-state index contributed by atoms with van der Waals surface area (Å²) >= 11 is 6.10. The molecule has 1 aliphatic carbocycles. The molecule has 1 heterocycles. The predicted octanol–water partition coefficient (Wildman–Crippen LogP) is 2.65. The number of hydrogen-bond acceptors (Lipinski definition) is 4. The van der Waals surface area contributed by atoms with Crippen LogP contribution in [0.2, 0.25) is 5.02 Å². The minimum absolute atomic E-state index is 0.397. The predicted molar refractivity (Wildman–Crippen MR) is 68.3 cm³/mol. The van der Waals surface area contributed by atoms with Crippen LogP contribution in [0.5, 0.6) is 0 Å². The Morgan fingerprint density at radius 3 is 2.78 bits per heavy atom. The average molecular weight is 264 g/mol. The zero-order valence-corrected chi connectivity index (χ0v) is 10.7. The van der Waals surface area contributed by atoms with E-state index in [2.05, 4.69) is 10.1 Å². The van der Waals surface area contributed by atoms with Gasteiger partial charge in [-0.2, -0.15) is 4.98 Å². The lowest BCUT2D eigenvalue weighted by Crippen LogP contribution is -2.43. The molecule has 1 fully saturated rings. The van der Waals surface area contributed by atoms with Gasteiger partial charge in [0.15, 0.2) is 5.82 Å². The van der Waals surface area contributed by atoms with E-state index in [1.165, 1.54) is 0 Å². The topological polar surface area (TPSA) is 64.9 Å². The van der Waals surface area contributed by atoms with E-state index in [1.54, 1.807) is 0 Å². The molecule has 4 nitrogen and oxygen atoms in total. The Labute approximate surface area is 110 Å². The van der Waals surface area contributed by atoms with Crippen LogP contribution in [0.1, 0.15) is 36.5 Å². The highest BCUT2D eigenvalue weighted by Gasteiger charge is 2.39. The van der Waals surface area contributed by atoms with Gasteiger partial charge in [-0.05, 0) is 30.9 Å². The summed E-state index contributed by atoms with van der Waals surface area (Å²) in [7, 11) is 0. The number of nitrogens with two attached hydrogens (primary N) is 1. The quantitative estimate of drug-likeness (QED) is 0.925. The number of nitrogens with zero attached hydrogens (tertiary/aromatic N) is 2. The second kappa shape index (κ2) is 4.37. The summed E-state index contributed by atoms with van der Waals surface area (Å²) in [6, 6.07) is 7.66. The van der Waals surface area contributed by atoms with Crippen molar-refractivity contribution in [1.82, 2.24) is 10.1 Å². The molecule has 2 aromatic rings. The van der Waals surface area contributed by atoms with Crippen LogP contribution >= 0.6 is 11.6 Å². The lowest BCUT2D eigenvalue weighted by molar-refractivity contribution is 0.181. The van der Waals surface area contributed by atoms with Gasteiger partial charge in [0.1, 0.15) is 0 Å². The third kappa shape index (κ3) is 2.02. The van der Waals surface area contributed by atoms with Gasteiger partial charge < -0.3 is 10.3 Å². The maximum absolute atomic E-state index is 6.14. The summed E-state index contributed by atoms with van der Waals surface area (Å²) in [5.41, 5.74) is 6.73. The fraction of sp³-hybridized carbons (Fsp3) is 0.385. The zero-order valence-electron chi connectivity index (χ0n) is 9.90. The lowest BCUT2D eigenvalue weighted by atomic mass is 9.78. The van der Waals surface area contributed by atoms with Gasteiger partial charge in [-0.15, -0.1) is 0 Å². The third-order valence-electron chi connectivity index (χ3n) is 3.45. The first-order valence-corrected chi connectivity index (χ1v) is 6.40. The number of rotatable bonds is 3. The van der Waals surface area contributed by atoms with Crippen LogP contribution in [0.4, 0.5) is 0 Å². The van der Waals surface area contributed by atoms with Crippen LogP contribution in [0.15, 0.2) is 28.8 Å². The molecule has 2 N–H and O–H groups in total. The SMILES string of the molecule is NC1(c2nc(Cc3ccccc3Cl)no2)CCC1. The van der Waals surface area contributed by atoms with Crippen molar-refractivity contribution in [3.05, 3.63) is 46.6 Å². The van der Waals surface area contributed by atoms with Crippen molar-refractivity contribution in [3.8, 4) is 0 Å². The van der Waals surface area contributed by atoms with Crippen molar-refractivity contribution in [2.75, 3.05) is 0 Å². The Morgan fingerprint density at radius 2 is 2.11 bits per heavy atom. The molecular formula is C13H14ClN3O. The summed E-state index contributed by atoms with van der Waals surface area (Å²) in [6.07, 6.45) is 3.53. The van der Waals surface area contributed by atoms with Gasteiger partial charge >= 0.3 is 0 Å². The molecule has 3 rings (SSSR count). The third-order valence-corrected chi connectivity index (χ3v) is 3.81.